The Balaban J connectivity index is 1.33. The Morgan fingerprint density at radius 2 is 1.27 bits per heavy atom. The zero-order valence-electron chi connectivity index (χ0n) is 21.6. The second kappa shape index (κ2) is 10.8. The Bertz CT molecular complexity index is 1400. The van der Waals surface area contributed by atoms with Crippen molar-refractivity contribution in [1.29, 1.82) is 0 Å². The van der Waals surface area contributed by atoms with Gasteiger partial charge in [0.1, 0.15) is 17.2 Å². The number of carbonyl (C=O) groups is 4. The molecule has 10 heteroatoms. The largest absolute Gasteiger partial charge is 0.467 e. The lowest BCUT2D eigenvalue weighted by atomic mass is 9.75. The van der Waals surface area contributed by atoms with Crippen molar-refractivity contribution in [3.8, 4) is 17.2 Å². The third kappa shape index (κ3) is 4.89. The molecule has 1 saturated heterocycles. The molecule has 0 aromatic heterocycles. The van der Waals surface area contributed by atoms with Crippen molar-refractivity contribution >= 4 is 23.8 Å². The minimum atomic E-state index is -2.00. The Kier molecular flexibility index (Phi) is 7.27. The van der Waals surface area contributed by atoms with Crippen LogP contribution >= 0.6 is 0 Å². The fraction of sp³-hybridized carbons (Fsp3) is 0.267. The van der Waals surface area contributed by atoms with Gasteiger partial charge in [-0.1, -0.05) is 61.7 Å². The summed E-state index contributed by atoms with van der Waals surface area (Å²) in [6.07, 6.45) is 3.98. The number of barbiturate groups is 1. The van der Waals surface area contributed by atoms with Crippen LogP contribution in [0.1, 0.15) is 43.2 Å². The highest BCUT2D eigenvalue weighted by atomic mass is 16.5. The zero-order chi connectivity index (χ0) is 28.3. The highest BCUT2D eigenvalue weighted by Gasteiger charge is 2.58. The van der Waals surface area contributed by atoms with Gasteiger partial charge in [0.15, 0.2) is 5.60 Å². The van der Waals surface area contributed by atoms with E-state index in [9.17, 15) is 24.3 Å². The molecule has 2 fully saturated rings. The number of hydrogen-bond donors (Lipinski definition) is 4. The number of primary amides is 1. The van der Waals surface area contributed by atoms with Crippen molar-refractivity contribution in [2.24, 2.45) is 11.7 Å². The van der Waals surface area contributed by atoms with E-state index >= 15 is 0 Å². The van der Waals surface area contributed by atoms with Crippen LogP contribution in [0.5, 0.6) is 17.2 Å². The van der Waals surface area contributed by atoms with Gasteiger partial charge in [0.2, 0.25) is 0 Å². The molecule has 0 bridgehead atoms. The van der Waals surface area contributed by atoms with Crippen LogP contribution in [0.2, 0.25) is 0 Å². The number of hydrogen-bond acceptors (Lipinski definition) is 7. The molecule has 3 aromatic carbocycles. The van der Waals surface area contributed by atoms with Crippen LogP contribution in [0.15, 0.2) is 78.9 Å². The second-order valence-electron chi connectivity index (χ2n) is 9.95. The molecule has 5 rings (SSSR count). The van der Waals surface area contributed by atoms with Gasteiger partial charge in [-0.25, -0.2) is 4.79 Å². The molecular weight excluding hydrogens is 514 g/mol. The van der Waals surface area contributed by atoms with Crippen LogP contribution in [0.4, 0.5) is 4.79 Å². The highest BCUT2D eigenvalue weighted by Crippen LogP contribution is 2.38. The molecule has 1 atom stereocenters. The number of amides is 5. The Labute approximate surface area is 230 Å². The molecule has 1 aliphatic heterocycles. The summed E-state index contributed by atoms with van der Waals surface area (Å²) in [4.78, 5) is 49.9. The summed E-state index contributed by atoms with van der Waals surface area (Å²) in [6, 6.07) is 20.3. The number of nitrogens with one attached hydrogen (secondary N) is 2. The first-order chi connectivity index (χ1) is 19.2. The Hall–Kier alpha value is -4.70. The monoisotopic (exact) mass is 543 g/mol. The molecule has 3 aromatic rings. The third-order valence-corrected chi connectivity index (χ3v) is 7.47. The lowest BCUT2D eigenvalue weighted by Gasteiger charge is -2.41. The van der Waals surface area contributed by atoms with Crippen molar-refractivity contribution in [3.63, 3.8) is 0 Å². The summed E-state index contributed by atoms with van der Waals surface area (Å²) in [5.41, 5.74) is 2.35. The Morgan fingerprint density at radius 3 is 1.82 bits per heavy atom. The fourth-order valence-electron chi connectivity index (χ4n) is 5.37. The van der Waals surface area contributed by atoms with Crippen LogP contribution < -0.4 is 25.8 Å². The third-order valence-electron chi connectivity index (χ3n) is 7.47. The van der Waals surface area contributed by atoms with E-state index in [0.29, 0.717) is 29.9 Å². The van der Waals surface area contributed by atoms with Crippen LogP contribution in [-0.2, 0) is 20.0 Å². The van der Waals surface area contributed by atoms with Crippen LogP contribution in [0, 0.1) is 5.92 Å². The molecule has 1 saturated carbocycles. The highest BCUT2D eigenvalue weighted by molar-refractivity contribution is 6.22. The number of ether oxygens (including phenoxy) is 2. The maximum Gasteiger partial charge on any atom is 0.328 e. The topological polar surface area (TPSA) is 157 Å². The number of carbonyl (C=O) groups excluding carboxylic acids is 4. The standard InChI is InChI=1S/C30H29N3O7/c31-25(34)29(38,19-7-3-1-4-8-19)20-11-13-22(14-12-20)39-23-15-17-24(18-16-23)40-30(21-9-5-2-6-10-21)26(35)32-28(37)33-27(30)36/h1,3-4,7-8,11-18,21,38H,2,5-6,9-10H2,(H2,31,34)(H2,32,33,35,36,37). The van der Waals surface area contributed by atoms with Crippen molar-refractivity contribution in [1.82, 2.24) is 10.6 Å². The van der Waals surface area contributed by atoms with Gasteiger partial charge in [0.25, 0.3) is 23.3 Å². The predicted molar refractivity (Wildman–Crippen MR) is 143 cm³/mol. The summed E-state index contributed by atoms with van der Waals surface area (Å²) < 4.78 is 12.0. The maximum atomic E-state index is 13.0. The van der Waals surface area contributed by atoms with Crippen molar-refractivity contribution < 1.29 is 33.8 Å². The number of imide groups is 2. The SMILES string of the molecule is NC(=O)C(O)(c1ccccc1)c1ccc(Oc2ccc(OC3(C4CCCCC4)C(=O)NC(=O)NC3=O)cc2)cc1. The van der Waals surface area contributed by atoms with Crippen molar-refractivity contribution in [2.45, 2.75) is 43.3 Å². The van der Waals surface area contributed by atoms with E-state index in [4.69, 9.17) is 15.2 Å². The van der Waals surface area contributed by atoms with E-state index in [2.05, 4.69) is 10.6 Å². The molecule has 2 aliphatic rings. The summed E-state index contributed by atoms with van der Waals surface area (Å²) in [6.45, 7) is 0. The van der Waals surface area contributed by atoms with Crippen molar-refractivity contribution in [3.05, 3.63) is 90.0 Å². The van der Waals surface area contributed by atoms with Gasteiger partial charge in [-0.15, -0.1) is 0 Å². The predicted octanol–water partition coefficient (Wildman–Crippen LogP) is 3.26. The lowest BCUT2D eigenvalue weighted by Crippen LogP contribution is -2.72. The quantitative estimate of drug-likeness (QED) is 0.318. The average Bonchev–Trinajstić information content (AvgIpc) is 2.96. The lowest BCUT2D eigenvalue weighted by molar-refractivity contribution is -0.158. The normalized spacial score (nSPS) is 18.7. The fourth-order valence-corrected chi connectivity index (χ4v) is 5.37. The molecule has 1 unspecified atom stereocenters. The first-order valence-electron chi connectivity index (χ1n) is 13.1. The van der Waals surface area contributed by atoms with Gasteiger partial charge in [-0.3, -0.25) is 25.0 Å². The van der Waals surface area contributed by atoms with Gasteiger partial charge in [-0.05, 0) is 60.4 Å². The number of rotatable bonds is 8. The van der Waals surface area contributed by atoms with E-state index in [1.165, 1.54) is 0 Å². The molecule has 0 spiro atoms. The number of aliphatic hydroxyl groups is 1. The number of benzene rings is 3. The molecule has 1 aliphatic carbocycles. The second-order valence-corrected chi connectivity index (χ2v) is 9.95. The summed E-state index contributed by atoms with van der Waals surface area (Å²) in [7, 11) is 0. The summed E-state index contributed by atoms with van der Waals surface area (Å²) in [5, 5.41) is 15.5. The first kappa shape index (κ1) is 26.9. The molecule has 0 radical (unpaired) electrons. The zero-order valence-corrected chi connectivity index (χ0v) is 21.6. The molecular formula is C30H29N3O7. The van der Waals surface area contributed by atoms with Gasteiger partial charge in [0.05, 0.1) is 0 Å². The van der Waals surface area contributed by atoms with Crippen LogP contribution in [-0.4, -0.2) is 34.5 Å². The van der Waals surface area contributed by atoms with Crippen LogP contribution in [0.3, 0.4) is 0 Å². The molecule has 5 N–H and O–H groups in total. The van der Waals surface area contributed by atoms with Gasteiger partial charge in [-0.2, -0.15) is 0 Å². The smallest absolute Gasteiger partial charge is 0.328 e. The maximum absolute atomic E-state index is 13.0. The molecule has 5 amide bonds. The summed E-state index contributed by atoms with van der Waals surface area (Å²) in [5.74, 6) is -1.67. The number of nitrogens with two attached hydrogens (primary N) is 1. The van der Waals surface area contributed by atoms with E-state index in [-0.39, 0.29) is 17.2 Å². The average molecular weight is 544 g/mol. The van der Waals surface area contributed by atoms with E-state index < -0.39 is 35.0 Å². The first-order valence-corrected chi connectivity index (χ1v) is 13.1. The minimum absolute atomic E-state index is 0.266. The van der Waals surface area contributed by atoms with E-state index in [1.54, 1.807) is 78.9 Å². The van der Waals surface area contributed by atoms with Gasteiger partial charge in [0, 0.05) is 5.92 Å². The van der Waals surface area contributed by atoms with Gasteiger partial charge >= 0.3 is 6.03 Å². The summed E-state index contributed by atoms with van der Waals surface area (Å²) >= 11 is 0. The molecule has 1 heterocycles. The van der Waals surface area contributed by atoms with Gasteiger partial charge < -0.3 is 20.3 Å². The molecule has 206 valence electrons. The van der Waals surface area contributed by atoms with Crippen LogP contribution in [0.25, 0.3) is 0 Å². The molecule has 10 nitrogen and oxygen atoms in total. The Morgan fingerprint density at radius 1 is 0.775 bits per heavy atom. The molecule has 40 heavy (non-hydrogen) atoms. The van der Waals surface area contributed by atoms with Crippen molar-refractivity contribution in [2.75, 3.05) is 0 Å². The number of urea groups is 1. The van der Waals surface area contributed by atoms with E-state index in [1.807, 2.05) is 0 Å². The minimum Gasteiger partial charge on any atom is -0.467 e. The van der Waals surface area contributed by atoms with E-state index in [0.717, 1.165) is 19.3 Å².